The first-order valence-corrected chi connectivity index (χ1v) is 24.3. The van der Waals surface area contributed by atoms with Gasteiger partial charge < -0.3 is 49.8 Å². The molecule has 0 aliphatic carbocycles. The largest absolute Gasteiger partial charge is 0.497 e. The summed E-state index contributed by atoms with van der Waals surface area (Å²) in [7, 11) is 1.58. The van der Waals surface area contributed by atoms with Gasteiger partial charge in [-0.25, -0.2) is 27.6 Å². The van der Waals surface area contributed by atoms with Crippen LogP contribution >= 0.6 is 0 Å². The summed E-state index contributed by atoms with van der Waals surface area (Å²) in [6.45, 7) is 15.9. The average molecular weight is 1060 g/mol. The summed E-state index contributed by atoms with van der Waals surface area (Å²) in [4.78, 5) is 102. The van der Waals surface area contributed by atoms with Crippen molar-refractivity contribution in [2.75, 3.05) is 100 Å². The van der Waals surface area contributed by atoms with Gasteiger partial charge in [0.25, 0.3) is 0 Å². The Labute approximate surface area is 438 Å². The van der Waals surface area contributed by atoms with Crippen LogP contribution in [0.1, 0.15) is 60.1 Å². The molecule has 0 unspecified atom stereocenters. The number of urea groups is 1. The molecule has 7 heterocycles. The maximum Gasteiger partial charge on any atom is 0.410 e. The lowest BCUT2D eigenvalue weighted by Crippen LogP contribution is -2.55. The molecule has 1 aromatic carbocycles. The Balaban J connectivity index is 0.000000195. The Morgan fingerprint density at radius 3 is 1.54 bits per heavy atom. The number of pyridine rings is 3. The Bertz CT molecular complexity index is 2690. The number of hydrogen-bond donors (Lipinski definition) is 3. The van der Waals surface area contributed by atoms with Gasteiger partial charge in [-0.2, -0.15) is 0 Å². The van der Waals surface area contributed by atoms with Crippen molar-refractivity contribution < 1.29 is 60.9 Å². The smallest absolute Gasteiger partial charge is 0.410 e. The van der Waals surface area contributed by atoms with E-state index >= 15 is 0 Å². The van der Waals surface area contributed by atoms with E-state index < -0.39 is 40.8 Å². The molecule has 410 valence electrons. The van der Waals surface area contributed by atoms with Crippen LogP contribution < -0.4 is 35.4 Å². The first-order chi connectivity index (χ1) is 35.9. The predicted octanol–water partition coefficient (Wildman–Crippen LogP) is 4.66. The SMILES string of the molecule is CC(C)(C)OC(=O)N1CCN(c2ccncc2F)C(=O)C1.CC(C)(C)OC(=O)N1CCNC(=O)C1.COc1cccc([C@@H](C)NC(=O)N2CCN(c3ccncc3F)C(=O)C2)c1.O=C1CNCCN1c1ccncc1F. The van der Waals surface area contributed by atoms with E-state index in [1.54, 1.807) is 48.7 Å². The summed E-state index contributed by atoms with van der Waals surface area (Å²) in [6.07, 6.45) is 6.61. The van der Waals surface area contributed by atoms with Crippen LogP contribution in [0, 0.1) is 17.5 Å². The summed E-state index contributed by atoms with van der Waals surface area (Å²) in [5, 5.41) is 8.45. The number of carbonyl (C=O) groups is 7. The van der Waals surface area contributed by atoms with Crippen molar-refractivity contribution in [2.45, 2.75) is 65.7 Å². The van der Waals surface area contributed by atoms with Gasteiger partial charge >= 0.3 is 18.2 Å². The average Bonchev–Trinajstić information content (AvgIpc) is 3.37. The molecule has 3 aromatic heterocycles. The van der Waals surface area contributed by atoms with Crippen LogP contribution in [-0.4, -0.2) is 168 Å². The van der Waals surface area contributed by atoms with Crippen molar-refractivity contribution in [1.82, 2.24) is 45.6 Å². The molecule has 25 heteroatoms. The standard InChI is InChI=1S/C19H21FN4O3.C14H18FN3O3.C9H10FN3O.C9H16N2O3/c1-13(14-4-3-5-15(10-14)27-2)22-19(26)23-8-9-24(18(25)12-23)17-6-7-21-11-16(17)20;1-14(2,3)21-13(20)17-6-7-18(12(19)9-17)11-4-5-16-8-10(11)15;10-7-5-11-2-1-8(7)13-4-3-12-6-9(13)14;1-9(2,3)14-8(13)11-5-4-10-7(12)6-11/h3-7,10-11,13H,8-9,12H2,1-2H3,(H,22,26);4-5,8H,6-7,9H2,1-3H3;1-2,5,12H,3-4,6H2;4-6H2,1-3H3,(H,10,12)/t13-;;;/m1.../s1. The summed E-state index contributed by atoms with van der Waals surface area (Å²) in [5.74, 6) is -1.80. The molecular formula is C51H65F3N12O10. The predicted molar refractivity (Wildman–Crippen MR) is 273 cm³/mol. The third-order valence-electron chi connectivity index (χ3n) is 11.2. The number of amides is 8. The van der Waals surface area contributed by atoms with E-state index in [9.17, 15) is 46.7 Å². The molecule has 0 spiro atoms. The highest BCUT2D eigenvalue weighted by atomic mass is 19.1. The van der Waals surface area contributed by atoms with E-state index in [1.165, 1.54) is 66.2 Å². The van der Waals surface area contributed by atoms with Gasteiger partial charge in [0.15, 0.2) is 17.5 Å². The number of anilines is 3. The van der Waals surface area contributed by atoms with Crippen LogP contribution in [-0.2, 0) is 28.7 Å². The topological polar surface area (TPSA) is 241 Å². The van der Waals surface area contributed by atoms with Gasteiger partial charge in [-0.15, -0.1) is 0 Å². The van der Waals surface area contributed by atoms with Gasteiger partial charge in [0.05, 0.1) is 55.3 Å². The monoisotopic (exact) mass is 1060 g/mol. The molecule has 3 N–H and O–H groups in total. The molecule has 4 aromatic rings. The maximum absolute atomic E-state index is 13.9. The van der Waals surface area contributed by atoms with Gasteiger partial charge in [0.2, 0.25) is 23.6 Å². The fourth-order valence-electron chi connectivity index (χ4n) is 7.52. The van der Waals surface area contributed by atoms with E-state index in [4.69, 9.17) is 14.2 Å². The number of carbonyl (C=O) groups excluding carboxylic acids is 7. The summed E-state index contributed by atoms with van der Waals surface area (Å²) in [5.41, 5.74) is 0.441. The number of benzene rings is 1. The van der Waals surface area contributed by atoms with E-state index in [-0.39, 0.29) is 86.3 Å². The number of nitrogens with zero attached hydrogens (tertiary/aromatic N) is 9. The van der Waals surface area contributed by atoms with Crippen LogP contribution in [0.25, 0.3) is 0 Å². The van der Waals surface area contributed by atoms with Crippen molar-refractivity contribution in [1.29, 1.82) is 0 Å². The molecule has 0 saturated carbocycles. The van der Waals surface area contributed by atoms with Crippen molar-refractivity contribution in [3.8, 4) is 5.75 Å². The number of methoxy groups -OCH3 is 1. The van der Waals surface area contributed by atoms with E-state index in [2.05, 4.69) is 30.9 Å². The Morgan fingerprint density at radius 1 is 0.618 bits per heavy atom. The van der Waals surface area contributed by atoms with Gasteiger partial charge in [-0.05, 0) is 84.4 Å². The highest BCUT2D eigenvalue weighted by molar-refractivity contribution is 5.98. The van der Waals surface area contributed by atoms with Gasteiger partial charge in [-0.3, -0.25) is 43.9 Å². The number of halogens is 3. The number of hydrogen-bond acceptors (Lipinski definition) is 14. The number of ether oxygens (including phenoxy) is 3. The Kier molecular flexibility index (Phi) is 20.8. The molecule has 4 fully saturated rings. The molecular weight excluding hydrogens is 998 g/mol. The Morgan fingerprint density at radius 2 is 1.09 bits per heavy atom. The third-order valence-corrected chi connectivity index (χ3v) is 11.2. The van der Waals surface area contributed by atoms with Gasteiger partial charge in [-0.1, -0.05) is 12.1 Å². The first kappa shape index (κ1) is 58.8. The van der Waals surface area contributed by atoms with Gasteiger partial charge in [0.1, 0.15) is 36.6 Å². The zero-order valence-electron chi connectivity index (χ0n) is 43.8. The third kappa shape index (κ3) is 17.5. The molecule has 4 aliphatic heterocycles. The molecule has 1 atom stereocenters. The van der Waals surface area contributed by atoms with Crippen molar-refractivity contribution in [3.05, 3.63) is 103 Å². The zero-order chi connectivity index (χ0) is 55.7. The fourth-order valence-corrected chi connectivity index (χ4v) is 7.52. The lowest BCUT2D eigenvalue weighted by molar-refractivity contribution is -0.124. The zero-order valence-corrected chi connectivity index (χ0v) is 43.8. The van der Waals surface area contributed by atoms with Crippen molar-refractivity contribution in [3.63, 3.8) is 0 Å². The second-order valence-electron chi connectivity index (χ2n) is 19.3. The lowest BCUT2D eigenvalue weighted by atomic mass is 10.1. The quantitative estimate of drug-likeness (QED) is 0.238. The molecule has 8 rings (SSSR count). The molecule has 22 nitrogen and oxygen atoms in total. The highest BCUT2D eigenvalue weighted by Crippen LogP contribution is 2.24. The van der Waals surface area contributed by atoms with Crippen molar-refractivity contribution >= 4 is 58.9 Å². The van der Waals surface area contributed by atoms with Crippen LogP contribution in [0.2, 0.25) is 0 Å². The number of rotatable bonds is 6. The molecule has 4 aliphatic rings. The first-order valence-electron chi connectivity index (χ1n) is 24.3. The second-order valence-corrected chi connectivity index (χ2v) is 19.3. The lowest BCUT2D eigenvalue weighted by Gasteiger charge is -2.35. The molecule has 8 amide bonds. The van der Waals surface area contributed by atoms with Crippen molar-refractivity contribution in [2.24, 2.45) is 0 Å². The minimum Gasteiger partial charge on any atom is -0.497 e. The molecule has 76 heavy (non-hydrogen) atoms. The van der Waals surface area contributed by atoms with Crippen LogP contribution in [0.15, 0.2) is 79.6 Å². The number of nitrogens with one attached hydrogen (secondary N) is 3. The van der Waals surface area contributed by atoms with Crippen LogP contribution in [0.3, 0.4) is 0 Å². The summed E-state index contributed by atoms with van der Waals surface area (Å²) >= 11 is 0. The number of aromatic nitrogens is 3. The second kappa shape index (κ2) is 26.9. The minimum atomic E-state index is -0.617. The highest BCUT2D eigenvalue weighted by Gasteiger charge is 2.33. The maximum atomic E-state index is 13.9. The summed E-state index contributed by atoms with van der Waals surface area (Å²) < 4.78 is 56.4. The number of piperazine rings is 4. The Hall–Kier alpha value is -8.09. The van der Waals surface area contributed by atoms with E-state index in [0.29, 0.717) is 50.7 Å². The molecule has 0 bridgehead atoms. The van der Waals surface area contributed by atoms with E-state index in [0.717, 1.165) is 24.2 Å². The summed E-state index contributed by atoms with van der Waals surface area (Å²) in [6, 6.07) is 11.2. The fraction of sp³-hybridized carbons (Fsp3) is 0.451. The minimum absolute atomic E-state index is 0.0922. The molecule has 4 saturated heterocycles. The van der Waals surface area contributed by atoms with Gasteiger partial charge in [0, 0.05) is 70.9 Å². The molecule has 0 radical (unpaired) electrons. The normalized spacial score (nSPS) is 16.4. The van der Waals surface area contributed by atoms with Crippen LogP contribution in [0.4, 0.5) is 44.6 Å². The van der Waals surface area contributed by atoms with E-state index in [1.807, 2.05) is 31.2 Å². The van der Waals surface area contributed by atoms with Crippen LogP contribution in [0.5, 0.6) is 5.75 Å².